The zero-order chi connectivity index (χ0) is 30.4. The number of hydrogen-bond acceptors (Lipinski definition) is 11. The van der Waals surface area contributed by atoms with Gasteiger partial charge in [0.25, 0.3) is 10.0 Å². The van der Waals surface area contributed by atoms with Crippen LogP contribution in [0.15, 0.2) is 58.5 Å². The number of ether oxygens (including phenoxy) is 4. The molecule has 1 N–H and O–H groups in total. The van der Waals surface area contributed by atoms with Gasteiger partial charge in [0.05, 0.1) is 36.9 Å². The Balaban J connectivity index is 1.28. The molecule has 3 aromatic rings. The number of nitrogens with zero attached hydrogens (tertiary/aromatic N) is 3. The Hall–Kier alpha value is -3.52. The van der Waals surface area contributed by atoms with E-state index in [0.29, 0.717) is 51.9 Å². The predicted molar refractivity (Wildman–Crippen MR) is 168 cm³/mol. The average molecular weight is 629 g/mol. The fourth-order valence-corrected chi connectivity index (χ4v) is 7.83. The highest BCUT2D eigenvalue weighted by atomic mass is 32.2. The van der Waals surface area contributed by atoms with Gasteiger partial charge in [0.1, 0.15) is 16.4 Å². The number of anilines is 1. The summed E-state index contributed by atoms with van der Waals surface area (Å²) in [6, 6.07) is 12.0. The van der Waals surface area contributed by atoms with Crippen LogP contribution in [0.5, 0.6) is 23.0 Å². The standard InChI is InChI=1S/C30H36N4O7S2/c1-33-12-14-34(15-13-33)11-5-16-40-27-20-24-23(19-26(27)38-2)25(8-10-31-24)41-22-7-4-6-21(18-22)32-43(36,37)28-9-17-42-29(28)30(35)39-3/h4,6-8,10,18-20,32H,5,9,11-17H2,1-3H3. The summed E-state index contributed by atoms with van der Waals surface area (Å²) in [4.78, 5) is 21.5. The molecule has 0 aliphatic carbocycles. The molecule has 0 saturated carbocycles. The van der Waals surface area contributed by atoms with E-state index in [9.17, 15) is 13.2 Å². The molecule has 2 aromatic carbocycles. The smallest absolute Gasteiger partial charge is 0.345 e. The fourth-order valence-electron chi connectivity index (χ4n) is 4.96. The lowest BCUT2D eigenvalue weighted by molar-refractivity contribution is -0.135. The number of carbonyl (C=O) groups is 1. The van der Waals surface area contributed by atoms with Crippen molar-refractivity contribution in [2.75, 3.05) is 71.1 Å². The quantitative estimate of drug-likeness (QED) is 0.228. The lowest BCUT2D eigenvalue weighted by Crippen LogP contribution is -2.44. The van der Waals surface area contributed by atoms with E-state index < -0.39 is 16.0 Å². The Bertz CT molecular complexity index is 1610. The minimum absolute atomic E-state index is 0.0280. The molecule has 0 radical (unpaired) electrons. The fraction of sp³-hybridized carbons (Fsp3) is 0.400. The third-order valence-corrected chi connectivity index (χ3v) is 10.1. The van der Waals surface area contributed by atoms with Crippen LogP contribution >= 0.6 is 11.8 Å². The molecule has 0 spiro atoms. The summed E-state index contributed by atoms with van der Waals surface area (Å²) in [6.45, 7) is 5.87. The number of sulfonamides is 1. The molecule has 5 rings (SSSR count). The maximum atomic E-state index is 13.1. The third-order valence-electron chi connectivity index (χ3n) is 7.30. The summed E-state index contributed by atoms with van der Waals surface area (Å²) < 4.78 is 51.4. The van der Waals surface area contributed by atoms with Crippen molar-refractivity contribution < 1.29 is 32.2 Å². The number of pyridine rings is 1. The van der Waals surface area contributed by atoms with Crippen LogP contribution in [-0.2, 0) is 19.6 Å². The molecular weight excluding hydrogens is 592 g/mol. The predicted octanol–water partition coefficient (Wildman–Crippen LogP) is 4.32. The molecule has 0 amide bonds. The zero-order valence-corrected chi connectivity index (χ0v) is 26.1. The topological polar surface area (TPSA) is 120 Å². The van der Waals surface area contributed by atoms with Gasteiger partial charge in [-0.2, -0.15) is 0 Å². The van der Waals surface area contributed by atoms with Gasteiger partial charge >= 0.3 is 5.97 Å². The van der Waals surface area contributed by atoms with Gasteiger partial charge in [0.2, 0.25) is 0 Å². The summed E-state index contributed by atoms with van der Waals surface area (Å²) in [5.74, 6) is 1.95. The second-order valence-corrected chi connectivity index (χ2v) is 13.1. The number of methoxy groups -OCH3 is 2. The number of likely N-dealkylation sites (N-methyl/N-ethyl adjacent to an activating group) is 1. The summed E-state index contributed by atoms with van der Waals surface area (Å²) in [5, 5.41) is 0.714. The number of aromatic nitrogens is 1. The lowest BCUT2D eigenvalue weighted by Gasteiger charge is -2.32. The van der Waals surface area contributed by atoms with Crippen molar-refractivity contribution in [3.63, 3.8) is 0 Å². The Labute approximate surface area is 256 Å². The van der Waals surface area contributed by atoms with Gasteiger partial charge in [-0.3, -0.25) is 9.71 Å². The monoisotopic (exact) mass is 628 g/mol. The highest BCUT2D eigenvalue weighted by Crippen LogP contribution is 2.39. The van der Waals surface area contributed by atoms with Crippen molar-refractivity contribution >= 4 is 44.3 Å². The van der Waals surface area contributed by atoms with Crippen molar-refractivity contribution in [2.45, 2.75) is 12.8 Å². The number of allylic oxidation sites excluding steroid dienone is 1. The SMILES string of the molecule is COC(=O)C1=C(S(=O)(=O)Nc2cccc(Oc3ccnc4cc(OCCCN5CCN(C)CC5)c(OC)cc34)c2)CCS1. The summed E-state index contributed by atoms with van der Waals surface area (Å²) in [7, 11) is 1.01. The number of piperazine rings is 1. The van der Waals surface area contributed by atoms with E-state index in [-0.39, 0.29) is 16.2 Å². The molecule has 0 atom stereocenters. The summed E-state index contributed by atoms with van der Waals surface area (Å²) >= 11 is 1.17. The van der Waals surface area contributed by atoms with Crippen LogP contribution in [0.25, 0.3) is 10.9 Å². The highest BCUT2D eigenvalue weighted by molar-refractivity contribution is 8.06. The molecule has 1 aromatic heterocycles. The third kappa shape index (κ3) is 7.53. The minimum Gasteiger partial charge on any atom is -0.493 e. The first kappa shape index (κ1) is 30.9. The van der Waals surface area contributed by atoms with Crippen molar-refractivity contribution in [3.8, 4) is 23.0 Å². The van der Waals surface area contributed by atoms with Crippen LogP contribution < -0.4 is 18.9 Å². The van der Waals surface area contributed by atoms with Gasteiger partial charge in [0, 0.05) is 62.2 Å². The number of rotatable bonds is 12. The Morgan fingerprint density at radius 1 is 1.05 bits per heavy atom. The van der Waals surface area contributed by atoms with Gasteiger partial charge < -0.3 is 28.7 Å². The molecule has 230 valence electrons. The van der Waals surface area contributed by atoms with Gasteiger partial charge in [-0.1, -0.05) is 6.07 Å². The van der Waals surface area contributed by atoms with Crippen molar-refractivity contribution in [1.29, 1.82) is 0 Å². The van der Waals surface area contributed by atoms with Gasteiger partial charge in [0.15, 0.2) is 11.5 Å². The van der Waals surface area contributed by atoms with E-state index >= 15 is 0 Å². The van der Waals surface area contributed by atoms with E-state index in [4.69, 9.17) is 18.9 Å². The number of benzene rings is 2. The number of hydrogen-bond donors (Lipinski definition) is 1. The normalized spacial score (nSPS) is 16.3. The summed E-state index contributed by atoms with van der Waals surface area (Å²) in [6.07, 6.45) is 2.79. The van der Waals surface area contributed by atoms with Crippen LogP contribution in [0.2, 0.25) is 0 Å². The number of esters is 1. The van der Waals surface area contributed by atoms with Crippen LogP contribution in [0.3, 0.4) is 0 Å². The van der Waals surface area contributed by atoms with E-state index in [1.54, 1.807) is 43.6 Å². The largest absolute Gasteiger partial charge is 0.493 e. The van der Waals surface area contributed by atoms with Crippen LogP contribution in [-0.4, -0.2) is 95.5 Å². The minimum atomic E-state index is -3.97. The first-order valence-electron chi connectivity index (χ1n) is 14.0. The summed E-state index contributed by atoms with van der Waals surface area (Å²) in [5.41, 5.74) is 0.972. The lowest BCUT2D eigenvalue weighted by atomic mass is 10.1. The highest BCUT2D eigenvalue weighted by Gasteiger charge is 2.31. The van der Waals surface area contributed by atoms with Gasteiger partial charge in [-0.05, 0) is 44.2 Å². The van der Waals surface area contributed by atoms with Crippen molar-refractivity contribution in [1.82, 2.24) is 14.8 Å². The van der Waals surface area contributed by atoms with Crippen LogP contribution in [0.1, 0.15) is 12.8 Å². The zero-order valence-electron chi connectivity index (χ0n) is 24.5. The molecule has 0 unspecified atom stereocenters. The van der Waals surface area contributed by atoms with Gasteiger partial charge in [-0.15, -0.1) is 11.8 Å². The maximum absolute atomic E-state index is 13.1. The van der Waals surface area contributed by atoms with Gasteiger partial charge in [-0.25, -0.2) is 13.2 Å². The molecule has 1 saturated heterocycles. The van der Waals surface area contributed by atoms with Crippen molar-refractivity contribution in [2.24, 2.45) is 0 Å². The maximum Gasteiger partial charge on any atom is 0.345 e. The second-order valence-electron chi connectivity index (χ2n) is 10.3. The van der Waals surface area contributed by atoms with E-state index in [0.717, 1.165) is 39.1 Å². The second kappa shape index (κ2) is 13.8. The van der Waals surface area contributed by atoms with E-state index in [1.807, 2.05) is 12.1 Å². The number of nitrogens with one attached hydrogen (secondary N) is 1. The first-order chi connectivity index (χ1) is 20.8. The van der Waals surface area contributed by atoms with E-state index in [1.165, 1.54) is 18.9 Å². The molecular formula is C30H36N4O7S2. The van der Waals surface area contributed by atoms with E-state index in [2.05, 4.69) is 26.6 Å². The Morgan fingerprint density at radius 2 is 1.86 bits per heavy atom. The average Bonchev–Trinajstić information content (AvgIpc) is 3.51. The molecule has 1 fully saturated rings. The first-order valence-corrected chi connectivity index (χ1v) is 16.5. The Kier molecular flexibility index (Phi) is 9.96. The molecule has 0 bridgehead atoms. The Morgan fingerprint density at radius 3 is 2.63 bits per heavy atom. The molecule has 2 aliphatic heterocycles. The number of thioether (sulfide) groups is 1. The molecule has 43 heavy (non-hydrogen) atoms. The van der Waals surface area contributed by atoms with Crippen LogP contribution in [0.4, 0.5) is 5.69 Å². The molecule has 3 heterocycles. The van der Waals surface area contributed by atoms with Crippen LogP contribution in [0, 0.1) is 0 Å². The molecule has 2 aliphatic rings. The molecule has 11 nitrogen and oxygen atoms in total. The number of carbonyl (C=O) groups excluding carboxylic acids is 1. The number of fused-ring (bicyclic) bond motifs is 1. The van der Waals surface area contributed by atoms with Crippen molar-refractivity contribution in [3.05, 3.63) is 58.5 Å². The molecule has 13 heteroatoms.